The molecule has 1 aromatic heterocycles. The summed E-state index contributed by atoms with van der Waals surface area (Å²) in [6.07, 6.45) is 5.05. The van der Waals surface area contributed by atoms with Crippen molar-refractivity contribution in [3.8, 4) is 0 Å². The Morgan fingerprint density at radius 2 is 2.43 bits per heavy atom. The predicted molar refractivity (Wildman–Crippen MR) is 55.3 cm³/mol. The van der Waals surface area contributed by atoms with Crippen molar-refractivity contribution in [1.29, 1.82) is 0 Å². The summed E-state index contributed by atoms with van der Waals surface area (Å²) in [6, 6.07) is 1.99. The van der Waals surface area contributed by atoms with Crippen LogP contribution in [0.4, 0.5) is 5.82 Å². The second kappa shape index (κ2) is 3.82. The van der Waals surface area contributed by atoms with Crippen LogP contribution in [0.15, 0.2) is 17.2 Å². The Labute approximate surface area is 82.8 Å². The molecule has 2 unspecified atom stereocenters. The normalized spacial score (nSPS) is 26.4. The van der Waals surface area contributed by atoms with Gasteiger partial charge < -0.3 is 10.3 Å². The fourth-order valence-corrected chi connectivity index (χ4v) is 1.99. The van der Waals surface area contributed by atoms with E-state index in [0.29, 0.717) is 11.9 Å². The van der Waals surface area contributed by atoms with Crippen molar-refractivity contribution < 1.29 is 0 Å². The van der Waals surface area contributed by atoms with Gasteiger partial charge in [-0.1, -0.05) is 6.92 Å². The SMILES string of the molecule is CC1CCC(Nc2cc(=O)[nH]cn2)C1. The Morgan fingerprint density at radius 3 is 3.07 bits per heavy atom. The lowest BCUT2D eigenvalue weighted by Crippen LogP contribution is -2.18. The maximum absolute atomic E-state index is 11.0. The largest absolute Gasteiger partial charge is 0.367 e. The summed E-state index contributed by atoms with van der Waals surface area (Å²) in [5.74, 6) is 1.47. The van der Waals surface area contributed by atoms with Gasteiger partial charge >= 0.3 is 0 Å². The van der Waals surface area contributed by atoms with Crippen LogP contribution in [0.2, 0.25) is 0 Å². The number of H-pyrrole nitrogens is 1. The third-order valence-electron chi connectivity index (χ3n) is 2.73. The van der Waals surface area contributed by atoms with E-state index in [1.54, 1.807) is 0 Å². The first-order chi connectivity index (χ1) is 6.74. The fraction of sp³-hybridized carbons (Fsp3) is 0.600. The highest BCUT2D eigenvalue weighted by molar-refractivity contribution is 5.33. The first-order valence-corrected chi connectivity index (χ1v) is 5.05. The predicted octanol–water partition coefficient (Wildman–Crippen LogP) is 1.37. The van der Waals surface area contributed by atoms with Gasteiger partial charge in [-0.2, -0.15) is 0 Å². The van der Waals surface area contributed by atoms with Gasteiger partial charge in [-0.25, -0.2) is 4.98 Å². The van der Waals surface area contributed by atoms with E-state index in [-0.39, 0.29) is 5.56 Å². The number of hydrogen-bond acceptors (Lipinski definition) is 3. The summed E-state index contributed by atoms with van der Waals surface area (Å²) in [7, 11) is 0. The van der Waals surface area contributed by atoms with Gasteiger partial charge in [0.05, 0.1) is 6.33 Å². The monoisotopic (exact) mass is 193 g/mol. The molecule has 1 fully saturated rings. The van der Waals surface area contributed by atoms with E-state index in [9.17, 15) is 4.79 Å². The fourth-order valence-electron chi connectivity index (χ4n) is 1.99. The summed E-state index contributed by atoms with van der Waals surface area (Å²) in [6.45, 7) is 2.26. The summed E-state index contributed by atoms with van der Waals surface area (Å²) in [4.78, 5) is 17.6. The van der Waals surface area contributed by atoms with Crippen molar-refractivity contribution >= 4 is 5.82 Å². The van der Waals surface area contributed by atoms with Crippen LogP contribution in [0.1, 0.15) is 26.2 Å². The molecule has 76 valence electrons. The standard InChI is InChI=1S/C10H15N3O/c1-7-2-3-8(4-7)13-9-5-10(14)12-6-11-9/h5-8H,2-4H2,1H3,(H2,11,12,13,14). The zero-order valence-electron chi connectivity index (χ0n) is 8.29. The molecular formula is C10H15N3O. The van der Waals surface area contributed by atoms with Gasteiger partial charge in [0, 0.05) is 12.1 Å². The van der Waals surface area contributed by atoms with E-state index in [1.807, 2.05) is 0 Å². The summed E-state index contributed by atoms with van der Waals surface area (Å²) in [5, 5.41) is 3.28. The average Bonchev–Trinajstić information content (AvgIpc) is 2.51. The number of nitrogens with one attached hydrogen (secondary N) is 2. The van der Waals surface area contributed by atoms with Crippen molar-refractivity contribution in [2.45, 2.75) is 32.2 Å². The minimum Gasteiger partial charge on any atom is -0.367 e. The van der Waals surface area contributed by atoms with E-state index in [4.69, 9.17) is 0 Å². The molecule has 0 spiro atoms. The summed E-state index contributed by atoms with van der Waals surface area (Å²) >= 11 is 0. The minimum atomic E-state index is -0.103. The van der Waals surface area contributed by atoms with Crippen molar-refractivity contribution in [1.82, 2.24) is 9.97 Å². The molecular weight excluding hydrogens is 178 g/mol. The molecule has 4 nitrogen and oxygen atoms in total. The second-order valence-corrected chi connectivity index (χ2v) is 4.06. The Balaban J connectivity index is 2.01. The van der Waals surface area contributed by atoms with Crippen molar-refractivity contribution in [3.05, 3.63) is 22.7 Å². The van der Waals surface area contributed by atoms with Crippen molar-refractivity contribution in [3.63, 3.8) is 0 Å². The highest BCUT2D eigenvalue weighted by atomic mass is 16.1. The maximum Gasteiger partial charge on any atom is 0.252 e. The quantitative estimate of drug-likeness (QED) is 0.745. The molecule has 0 saturated heterocycles. The Bertz CT molecular complexity index is 360. The highest BCUT2D eigenvalue weighted by Gasteiger charge is 2.21. The van der Waals surface area contributed by atoms with Crippen LogP contribution in [-0.4, -0.2) is 16.0 Å². The molecule has 0 bridgehead atoms. The Kier molecular flexibility index (Phi) is 2.52. The van der Waals surface area contributed by atoms with Crippen LogP contribution in [0, 0.1) is 5.92 Å². The molecule has 1 aliphatic rings. The molecule has 1 aliphatic carbocycles. The molecule has 2 atom stereocenters. The molecule has 0 radical (unpaired) electrons. The van der Waals surface area contributed by atoms with Gasteiger partial charge in [0.25, 0.3) is 5.56 Å². The van der Waals surface area contributed by atoms with Crippen LogP contribution in [0.5, 0.6) is 0 Å². The number of hydrogen-bond donors (Lipinski definition) is 2. The molecule has 1 aromatic rings. The van der Waals surface area contributed by atoms with Crippen LogP contribution < -0.4 is 10.9 Å². The van der Waals surface area contributed by atoms with Crippen LogP contribution in [0.3, 0.4) is 0 Å². The van der Waals surface area contributed by atoms with E-state index in [2.05, 4.69) is 22.2 Å². The minimum absolute atomic E-state index is 0.103. The molecule has 1 heterocycles. The van der Waals surface area contributed by atoms with Crippen molar-refractivity contribution in [2.24, 2.45) is 5.92 Å². The molecule has 1 saturated carbocycles. The molecule has 0 amide bonds. The summed E-state index contributed by atoms with van der Waals surface area (Å²) < 4.78 is 0. The van der Waals surface area contributed by atoms with E-state index in [0.717, 1.165) is 5.92 Å². The maximum atomic E-state index is 11.0. The first kappa shape index (κ1) is 9.24. The van der Waals surface area contributed by atoms with E-state index < -0.39 is 0 Å². The topological polar surface area (TPSA) is 57.8 Å². The van der Waals surface area contributed by atoms with Crippen LogP contribution in [0.25, 0.3) is 0 Å². The van der Waals surface area contributed by atoms with Gasteiger partial charge in [0.1, 0.15) is 5.82 Å². The Hall–Kier alpha value is -1.32. The third-order valence-corrected chi connectivity index (χ3v) is 2.73. The van der Waals surface area contributed by atoms with Crippen molar-refractivity contribution in [2.75, 3.05) is 5.32 Å². The van der Waals surface area contributed by atoms with E-state index >= 15 is 0 Å². The molecule has 0 aromatic carbocycles. The van der Waals surface area contributed by atoms with Crippen LogP contribution >= 0.6 is 0 Å². The zero-order valence-corrected chi connectivity index (χ0v) is 8.29. The third kappa shape index (κ3) is 2.13. The second-order valence-electron chi connectivity index (χ2n) is 4.06. The van der Waals surface area contributed by atoms with E-state index in [1.165, 1.54) is 31.7 Å². The number of nitrogens with zero attached hydrogens (tertiary/aromatic N) is 1. The Morgan fingerprint density at radius 1 is 1.57 bits per heavy atom. The van der Waals surface area contributed by atoms with Gasteiger partial charge in [0.2, 0.25) is 0 Å². The molecule has 4 heteroatoms. The number of rotatable bonds is 2. The van der Waals surface area contributed by atoms with Gasteiger partial charge in [-0.05, 0) is 25.2 Å². The van der Waals surface area contributed by atoms with Gasteiger partial charge in [-0.15, -0.1) is 0 Å². The number of anilines is 1. The van der Waals surface area contributed by atoms with Gasteiger partial charge in [0.15, 0.2) is 0 Å². The molecule has 0 aliphatic heterocycles. The molecule has 2 N–H and O–H groups in total. The zero-order chi connectivity index (χ0) is 9.97. The lowest BCUT2D eigenvalue weighted by Gasteiger charge is -2.11. The van der Waals surface area contributed by atoms with Crippen LogP contribution in [-0.2, 0) is 0 Å². The molecule has 14 heavy (non-hydrogen) atoms. The number of aromatic nitrogens is 2. The average molecular weight is 193 g/mol. The van der Waals surface area contributed by atoms with Gasteiger partial charge in [-0.3, -0.25) is 4.79 Å². The smallest absolute Gasteiger partial charge is 0.252 e. The number of aromatic amines is 1. The lowest BCUT2D eigenvalue weighted by atomic mass is 10.1. The lowest BCUT2D eigenvalue weighted by molar-refractivity contribution is 0.602. The molecule has 2 rings (SSSR count). The summed E-state index contributed by atoms with van der Waals surface area (Å²) in [5.41, 5.74) is -0.103. The highest BCUT2D eigenvalue weighted by Crippen LogP contribution is 2.26. The first-order valence-electron chi connectivity index (χ1n) is 5.05.